The maximum absolute atomic E-state index is 8.63. The third-order valence-corrected chi connectivity index (χ3v) is 1.57. The van der Waals surface area contributed by atoms with E-state index in [9.17, 15) is 0 Å². The lowest BCUT2D eigenvalue weighted by Crippen LogP contribution is -1.93. The van der Waals surface area contributed by atoms with Crippen LogP contribution in [-0.2, 0) is 0 Å². The van der Waals surface area contributed by atoms with E-state index >= 15 is 0 Å². The molecule has 0 aliphatic rings. The van der Waals surface area contributed by atoms with E-state index in [1.165, 1.54) is 6.20 Å². The summed E-state index contributed by atoms with van der Waals surface area (Å²) in [6.45, 7) is 0. The van der Waals surface area contributed by atoms with Crippen molar-refractivity contribution in [2.75, 3.05) is 12.4 Å². The second kappa shape index (κ2) is 3.22. The van der Waals surface area contributed by atoms with Crippen molar-refractivity contribution < 1.29 is 0 Å². The first-order valence-corrected chi connectivity index (χ1v) is 3.38. The second-order valence-electron chi connectivity index (χ2n) is 1.91. The summed E-state index contributed by atoms with van der Waals surface area (Å²) in [5, 5.41) is 11.8. The molecule has 1 rings (SSSR count). The highest BCUT2D eigenvalue weighted by Gasteiger charge is 2.03. The predicted molar refractivity (Wildman–Crippen MR) is 43.5 cm³/mol. The fourth-order valence-electron chi connectivity index (χ4n) is 0.738. The maximum Gasteiger partial charge on any atom is 0.103 e. The molecule has 0 unspecified atom stereocenters. The maximum atomic E-state index is 8.63. The highest BCUT2D eigenvalue weighted by atomic mass is 35.5. The third-order valence-electron chi connectivity index (χ3n) is 1.28. The van der Waals surface area contributed by atoms with Gasteiger partial charge in [-0.1, -0.05) is 11.6 Å². The first kappa shape index (κ1) is 7.83. The SMILES string of the molecule is CNc1cncc(Cl)c1C#N. The molecule has 1 N–H and O–H groups in total. The van der Waals surface area contributed by atoms with Crippen molar-refractivity contribution >= 4 is 17.3 Å². The average Bonchev–Trinajstić information content (AvgIpc) is 2.04. The quantitative estimate of drug-likeness (QED) is 0.692. The number of rotatable bonds is 1. The van der Waals surface area contributed by atoms with E-state index < -0.39 is 0 Å². The van der Waals surface area contributed by atoms with E-state index in [4.69, 9.17) is 16.9 Å². The summed E-state index contributed by atoms with van der Waals surface area (Å²) >= 11 is 5.68. The van der Waals surface area contributed by atoms with Crippen LogP contribution < -0.4 is 5.32 Å². The number of hydrogen-bond donors (Lipinski definition) is 1. The standard InChI is InChI=1S/C7H6ClN3/c1-10-7-4-11-3-6(8)5(7)2-9/h3-4,10H,1H3. The summed E-state index contributed by atoms with van der Waals surface area (Å²) in [6, 6.07) is 1.98. The van der Waals surface area contributed by atoms with E-state index in [-0.39, 0.29) is 0 Å². The van der Waals surface area contributed by atoms with Crippen molar-refractivity contribution in [1.82, 2.24) is 4.98 Å². The average molecular weight is 168 g/mol. The van der Waals surface area contributed by atoms with Gasteiger partial charge < -0.3 is 5.32 Å². The molecule has 1 aromatic heterocycles. The Balaban J connectivity index is 3.27. The van der Waals surface area contributed by atoms with Crippen LogP contribution >= 0.6 is 11.6 Å². The van der Waals surface area contributed by atoms with Crippen molar-refractivity contribution in [3.63, 3.8) is 0 Å². The molecule has 0 aliphatic heterocycles. The molecule has 3 nitrogen and oxygen atoms in total. The van der Waals surface area contributed by atoms with E-state index in [1.807, 2.05) is 6.07 Å². The number of halogens is 1. The highest BCUT2D eigenvalue weighted by Crippen LogP contribution is 2.20. The van der Waals surface area contributed by atoms with Crippen LogP contribution in [0.25, 0.3) is 0 Å². The van der Waals surface area contributed by atoms with Gasteiger partial charge >= 0.3 is 0 Å². The van der Waals surface area contributed by atoms with Gasteiger partial charge in [0, 0.05) is 13.2 Å². The van der Waals surface area contributed by atoms with Gasteiger partial charge in [-0.2, -0.15) is 5.26 Å². The van der Waals surface area contributed by atoms with Crippen LogP contribution in [0.2, 0.25) is 5.02 Å². The van der Waals surface area contributed by atoms with Crippen molar-refractivity contribution in [3.8, 4) is 6.07 Å². The number of anilines is 1. The summed E-state index contributed by atoms with van der Waals surface area (Å²) in [5.74, 6) is 0. The van der Waals surface area contributed by atoms with Crippen LogP contribution in [0, 0.1) is 11.3 Å². The number of pyridine rings is 1. The molecule has 0 aliphatic carbocycles. The first-order valence-electron chi connectivity index (χ1n) is 3.01. The van der Waals surface area contributed by atoms with Crippen LogP contribution in [-0.4, -0.2) is 12.0 Å². The molecular weight excluding hydrogens is 162 g/mol. The first-order chi connectivity index (χ1) is 5.29. The summed E-state index contributed by atoms with van der Waals surface area (Å²) in [7, 11) is 1.72. The largest absolute Gasteiger partial charge is 0.386 e. The van der Waals surface area contributed by atoms with E-state index in [0.717, 1.165) is 0 Å². The smallest absolute Gasteiger partial charge is 0.103 e. The van der Waals surface area contributed by atoms with Crippen LogP contribution in [0.5, 0.6) is 0 Å². The molecule has 0 spiro atoms. The minimum atomic E-state index is 0.374. The topological polar surface area (TPSA) is 48.7 Å². The number of nitrogens with one attached hydrogen (secondary N) is 1. The van der Waals surface area contributed by atoms with Gasteiger partial charge in [-0.15, -0.1) is 0 Å². The van der Waals surface area contributed by atoms with Crippen molar-refractivity contribution in [3.05, 3.63) is 23.0 Å². The molecule has 0 saturated carbocycles. The molecule has 0 atom stereocenters. The fourth-order valence-corrected chi connectivity index (χ4v) is 0.939. The Bertz CT molecular complexity index is 303. The lowest BCUT2D eigenvalue weighted by molar-refractivity contribution is 1.29. The highest BCUT2D eigenvalue weighted by molar-refractivity contribution is 6.32. The van der Waals surface area contributed by atoms with Crippen molar-refractivity contribution in [1.29, 1.82) is 5.26 Å². The zero-order valence-electron chi connectivity index (χ0n) is 5.93. The predicted octanol–water partition coefficient (Wildman–Crippen LogP) is 1.65. The Kier molecular flexibility index (Phi) is 2.29. The molecular formula is C7H6ClN3. The molecule has 11 heavy (non-hydrogen) atoms. The van der Waals surface area contributed by atoms with Crippen molar-refractivity contribution in [2.45, 2.75) is 0 Å². The Morgan fingerprint density at radius 1 is 1.64 bits per heavy atom. The van der Waals surface area contributed by atoms with E-state index in [0.29, 0.717) is 16.3 Å². The normalized spacial score (nSPS) is 8.82. The van der Waals surface area contributed by atoms with Gasteiger partial charge in [-0.3, -0.25) is 4.98 Å². The van der Waals surface area contributed by atoms with Gasteiger partial charge in [0.2, 0.25) is 0 Å². The molecule has 0 aromatic carbocycles. The Labute approximate surface area is 69.6 Å². The minimum absolute atomic E-state index is 0.374. The molecule has 0 amide bonds. The van der Waals surface area contributed by atoms with Gasteiger partial charge in [0.1, 0.15) is 6.07 Å². The molecule has 4 heteroatoms. The molecule has 1 heterocycles. The number of aromatic nitrogens is 1. The van der Waals surface area contributed by atoms with Gasteiger partial charge in [-0.05, 0) is 0 Å². The van der Waals surface area contributed by atoms with Crippen LogP contribution in [0.15, 0.2) is 12.4 Å². The number of hydrogen-bond acceptors (Lipinski definition) is 3. The van der Waals surface area contributed by atoms with E-state index in [2.05, 4.69) is 10.3 Å². The summed E-state index contributed by atoms with van der Waals surface area (Å²) in [5.41, 5.74) is 1.09. The molecule has 0 bridgehead atoms. The molecule has 1 aromatic rings. The van der Waals surface area contributed by atoms with E-state index in [1.54, 1.807) is 13.2 Å². The summed E-state index contributed by atoms with van der Waals surface area (Å²) < 4.78 is 0. The number of nitriles is 1. The zero-order chi connectivity index (χ0) is 8.27. The van der Waals surface area contributed by atoms with Gasteiger partial charge in [0.05, 0.1) is 22.5 Å². The van der Waals surface area contributed by atoms with Crippen molar-refractivity contribution in [2.24, 2.45) is 0 Å². The summed E-state index contributed by atoms with van der Waals surface area (Å²) in [6.07, 6.45) is 3.01. The molecule has 0 fully saturated rings. The Morgan fingerprint density at radius 2 is 2.36 bits per heavy atom. The van der Waals surface area contributed by atoms with Gasteiger partial charge in [0.25, 0.3) is 0 Å². The van der Waals surface area contributed by atoms with Crippen LogP contribution in [0.4, 0.5) is 5.69 Å². The van der Waals surface area contributed by atoms with Gasteiger partial charge in [0.15, 0.2) is 0 Å². The summed E-state index contributed by atoms with van der Waals surface area (Å²) in [4.78, 5) is 3.82. The Morgan fingerprint density at radius 3 is 2.82 bits per heavy atom. The molecule has 0 saturated heterocycles. The lowest BCUT2D eigenvalue weighted by atomic mass is 10.2. The fraction of sp³-hybridized carbons (Fsp3) is 0.143. The minimum Gasteiger partial charge on any atom is -0.386 e. The van der Waals surface area contributed by atoms with Gasteiger partial charge in [-0.25, -0.2) is 0 Å². The monoisotopic (exact) mass is 167 g/mol. The molecule has 0 radical (unpaired) electrons. The third kappa shape index (κ3) is 1.41. The van der Waals surface area contributed by atoms with Crippen LogP contribution in [0.1, 0.15) is 5.56 Å². The molecule has 56 valence electrons. The van der Waals surface area contributed by atoms with Crippen LogP contribution in [0.3, 0.4) is 0 Å². The lowest BCUT2D eigenvalue weighted by Gasteiger charge is -2.01. The second-order valence-corrected chi connectivity index (χ2v) is 2.31. The Hall–Kier alpha value is -1.27. The number of nitrogens with zero attached hydrogens (tertiary/aromatic N) is 2. The zero-order valence-corrected chi connectivity index (χ0v) is 6.68.